The maximum atomic E-state index is 12.4. The summed E-state index contributed by atoms with van der Waals surface area (Å²) in [4.78, 5) is 34.3. The van der Waals surface area contributed by atoms with E-state index in [-0.39, 0.29) is 22.5 Å². The van der Waals surface area contributed by atoms with Crippen molar-refractivity contribution in [2.45, 2.75) is 19.1 Å². The van der Waals surface area contributed by atoms with Crippen LogP contribution in [0.25, 0.3) is 0 Å². The Labute approximate surface area is 165 Å². The van der Waals surface area contributed by atoms with Gasteiger partial charge in [-0.05, 0) is 13.0 Å². The average molecular weight is 398 g/mol. The largest absolute Gasteiger partial charge is 0.466 e. The molecular formula is C19H18N4O6. The van der Waals surface area contributed by atoms with Gasteiger partial charge in [0.05, 0.1) is 39.7 Å². The number of nitrogens with one attached hydrogen (secondary N) is 2. The molecule has 2 N–H and O–H groups in total. The molecule has 2 atom stereocenters. The second kappa shape index (κ2) is 8.07. The summed E-state index contributed by atoms with van der Waals surface area (Å²) in [6, 6.07) is 11.3. The summed E-state index contributed by atoms with van der Waals surface area (Å²) in [5, 5.41) is 29.1. The summed E-state index contributed by atoms with van der Waals surface area (Å²) in [6.07, 6.45) is -0.755. The topological polar surface area (TPSA) is 137 Å². The third-order valence-electron chi connectivity index (χ3n) is 4.68. The Morgan fingerprint density at radius 3 is 2.03 bits per heavy atom. The minimum absolute atomic E-state index is 0.117. The number of rotatable bonds is 5. The van der Waals surface area contributed by atoms with Crippen LogP contribution in [-0.4, -0.2) is 22.9 Å². The molecule has 0 fully saturated rings. The number of hydrogen-bond donors (Lipinski definition) is 2. The molecule has 0 saturated heterocycles. The van der Waals surface area contributed by atoms with Crippen molar-refractivity contribution in [2.24, 2.45) is 0 Å². The molecule has 0 saturated carbocycles. The van der Waals surface area contributed by atoms with Gasteiger partial charge in [0.2, 0.25) is 0 Å². The monoisotopic (exact) mass is 398 g/mol. The molecule has 0 aliphatic carbocycles. The van der Waals surface area contributed by atoms with Crippen LogP contribution in [0.5, 0.6) is 0 Å². The van der Waals surface area contributed by atoms with Crippen molar-refractivity contribution in [1.82, 2.24) is 10.6 Å². The molecule has 3 rings (SSSR count). The molecule has 0 unspecified atom stereocenters. The number of nitrogens with zero attached hydrogens (tertiary/aromatic N) is 2. The van der Waals surface area contributed by atoms with Crippen LogP contribution in [0.2, 0.25) is 0 Å². The fourth-order valence-corrected chi connectivity index (χ4v) is 3.39. The normalized spacial score (nSPS) is 18.7. The van der Waals surface area contributed by atoms with E-state index in [0.717, 1.165) is 0 Å². The molecule has 0 aromatic heterocycles. The van der Waals surface area contributed by atoms with Crippen molar-refractivity contribution in [3.63, 3.8) is 0 Å². The van der Waals surface area contributed by atoms with E-state index < -0.39 is 28.0 Å². The third-order valence-corrected chi connectivity index (χ3v) is 4.68. The number of hydrogen-bond acceptors (Lipinski definition) is 8. The number of allylic oxidation sites excluding steroid dienone is 1. The Balaban J connectivity index is 2.16. The van der Waals surface area contributed by atoms with E-state index in [1.165, 1.54) is 31.4 Å². The molecule has 2 aromatic rings. The summed E-state index contributed by atoms with van der Waals surface area (Å²) in [6.45, 7) is 1.62. The van der Waals surface area contributed by atoms with E-state index in [1.54, 1.807) is 31.2 Å². The first kappa shape index (κ1) is 20.0. The molecule has 1 heterocycles. The van der Waals surface area contributed by atoms with Crippen LogP contribution in [0, 0.1) is 20.2 Å². The van der Waals surface area contributed by atoms with E-state index in [4.69, 9.17) is 4.74 Å². The number of benzene rings is 2. The Kier molecular flexibility index (Phi) is 5.55. The molecule has 2 aromatic carbocycles. The summed E-state index contributed by atoms with van der Waals surface area (Å²) in [5.74, 6) is -0.660. The van der Waals surface area contributed by atoms with Gasteiger partial charge < -0.3 is 10.1 Å². The van der Waals surface area contributed by atoms with Crippen molar-refractivity contribution < 1.29 is 19.4 Å². The highest BCUT2D eigenvalue weighted by Gasteiger charge is 2.37. The zero-order valence-corrected chi connectivity index (χ0v) is 15.6. The van der Waals surface area contributed by atoms with Crippen LogP contribution in [0.1, 0.15) is 30.3 Å². The van der Waals surface area contributed by atoms with E-state index in [1.807, 2.05) is 0 Å². The van der Waals surface area contributed by atoms with Gasteiger partial charge in [-0.3, -0.25) is 25.5 Å². The lowest BCUT2D eigenvalue weighted by Crippen LogP contribution is -2.44. The quantitative estimate of drug-likeness (QED) is 0.446. The lowest BCUT2D eigenvalue weighted by Gasteiger charge is -2.34. The number of carbonyl (C=O) groups is 1. The van der Waals surface area contributed by atoms with Gasteiger partial charge in [-0.25, -0.2) is 4.79 Å². The minimum atomic E-state index is -0.907. The van der Waals surface area contributed by atoms with Crippen molar-refractivity contribution in [3.05, 3.63) is 91.2 Å². The first-order valence-electron chi connectivity index (χ1n) is 8.63. The number of carbonyl (C=O) groups excluding carboxylic acids is 1. The Morgan fingerprint density at radius 2 is 1.48 bits per heavy atom. The second-order valence-corrected chi connectivity index (χ2v) is 6.34. The summed E-state index contributed by atoms with van der Waals surface area (Å²) in [5.41, 5.74) is 0.862. The van der Waals surface area contributed by atoms with Crippen LogP contribution >= 0.6 is 0 Å². The van der Waals surface area contributed by atoms with E-state index in [0.29, 0.717) is 11.3 Å². The fraction of sp³-hybridized carbons (Fsp3) is 0.211. The van der Waals surface area contributed by atoms with E-state index in [2.05, 4.69) is 10.6 Å². The van der Waals surface area contributed by atoms with Crippen LogP contribution in [-0.2, 0) is 9.53 Å². The Morgan fingerprint density at radius 1 is 0.966 bits per heavy atom. The molecule has 1 aliphatic rings. The predicted molar refractivity (Wildman–Crippen MR) is 103 cm³/mol. The first-order chi connectivity index (χ1) is 13.8. The van der Waals surface area contributed by atoms with Crippen LogP contribution in [0.3, 0.4) is 0 Å². The van der Waals surface area contributed by atoms with Gasteiger partial charge in [0.25, 0.3) is 11.4 Å². The lowest BCUT2D eigenvalue weighted by molar-refractivity contribution is -0.386. The highest BCUT2D eigenvalue weighted by Crippen LogP contribution is 2.37. The average Bonchev–Trinajstić information content (AvgIpc) is 2.72. The molecule has 0 amide bonds. The Bertz CT molecular complexity index is 1020. The van der Waals surface area contributed by atoms with Crippen LogP contribution in [0.4, 0.5) is 11.4 Å². The van der Waals surface area contributed by atoms with Crippen LogP contribution in [0.15, 0.2) is 59.8 Å². The molecule has 0 spiro atoms. The predicted octanol–water partition coefficient (Wildman–Crippen LogP) is 2.88. The number of nitro groups is 2. The summed E-state index contributed by atoms with van der Waals surface area (Å²) < 4.78 is 4.86. The third kappa shape index (κ3) is 3.78. The standard InChI is InChI=1S/C19H18N4O6/c1-11-16(19(24)29-2)17(12-7-3-5-9-14(12)22(25)26)21-18(20-11)13-8-4-6-10-15(13)23(27)28/h3-10,17-18,20-21H,1-2H3/t17-,18+/m0/s1. The molecule has 29 heavy (non-hydrogen) atoms. The first-order valence-corrected chi connectivity index (χ1v) is 8.63. The molecule has 150 valence electrons. The molecular weight excluding hydrogens is 380 g/mol. The maximum absolute atomic E-state index is 12.4. The zero-order valence-electron chi connectivity index (χ0n) is 15.6. The van der Waals surface area contributed by atoms with Crippen molar-refractivity contribution >= 4 is 17.3 Å². The van der Waals surface area contributed by atoms with Gasteiger partial charge in [0.1, 0.15) is 6.17 Å². The van der Waals surface area contributed by atoms with E-state index >= 15 is 0 Å². The molecule has 0 radical (unpaired) electrons. The molecule has 1 aliphatic heterocycles. The minimum Gasteiger partial charge on any atom is -0.466 e. The lowest BCUT2D eigenvalue weighted by atomic mass is 9.92. The fourth-order valence-electron chi connectivity index (χ4n) is 3.39. The van der Waals surface area contributed by atoms with Gasteiger partial charge >= 0.3 is 5.97 Å². The SMILES string of the molecule is COC(=O)C1=C(C)N[C@@H](c2ccccc2[N+](=O)[O-])N[C@H]1c1ccccc1[N+](=O)[O-]. The van der Waals surface area contributed by atoms with Gasteiger partial charge in [0.15, 0.2) is 0 Å². The highest BCUT2D eigenvalue weighted by atomic mass is 16.6. The van der Waals surface area contributed by atoms with Gasteiger partial charge in [-0.1, -0.05) is 30.3 Å². The maximum Gasteiger partial charge on any atom is 0.337 e. The Hall–Kier alpha value is -3.79. The summed E-state index contributed by atoms with van der Waals surface area (Å²) >= 11 is 0. The van der Waals surface area contributed by atoms with Gasteiger partial charge in [-0.15, -0.1) is 0 Å². The summed E-state index contributed by atoms with van der Waals surface area (Å²) in [7, 11) is 1.22. The van der Waals surface area contributed by atoms with E-state index in [9.17, 15) is 25.0 Å². The molecule has 0 bridgehead atoms. The van der Waals surface area contributed by atoms with Gasteiger partial charge in [-0.2, -0.15) is 0 Å². The number of esters is 1. The highest BCUT2D eigenvalue weighted by molar-refractivity contribution is 5.91. The smallest absolute Gasteiger partial charge is 0.337 e. The number of ether oxygens (including phenoxy) is 1. The van der Waals surface area contributed by atoms with Crippen molar-refractivity contribution in [3.8, 4) is 0 Å². The van der Waals surface area contributed by atoms with Crippen molar-refractivity contribution in [1.29, 1.82) is 0 Å². The van der Waals surface area contributed by atoms with Crippen molar-refractivity contribution in [2.75, 3.05) is 7.11 Å². The number of nitro benzene ring substituents is 2. The van der Waals surface area contributed by atoms with Crippen LogP contribution < -0.4 is 10.6 Å². The number of methoxy groups -OCH3 is 1. The second-order valence-electron chi connectivity index (χ2n) is 6.34. The zero-order chi connectivity index (χ0) is 21.1. The number of para-hydroxylation sites is 2. The molecule has 10 nitrogen and oxygen atoms in total. The molecule has 10 heteroatoms. The van der Waals surface area contributed by atoms with Gasteiger partial charge in [0, 0.05) is 17.8 Å².